The number of methoxy groups -OCH3 is 1. The Morgan fingerprint density at radius 3 is 2.71 bits per heavy atom. The summed E-state index contributed by atoms with van der Waals surface area (Å²) in [4.78, 5) is 11.7. The molecule has 1 aromatic rings. The lowest BCUT2D eigenvalue weighted by molar-refractivity contribution is -0.122. The van der Waals surface area contributed by atoms with Crippen molar-refractivity contribution >= 4 is 33.4 Å². The third-order valence-corrected chi connectivity index (χ3v) is 2.82. The molecule has 94 valence electrons. The van der Waals surface area contributed by atoms with E-state index in [1.54, 1.807) is 39.2 Å². The standard InChI is InChI=1S/C12H15BrClNO2/c1-12(2,13)11(16)15-7-8-6-9(14)4-5-10(8)17-3/h4-6H,7H2,1-3H3,(H,15,16). The molecule has 5 heteroatoms. The number of hydrogen-bond acceptors (Lipinski definition) is 2. The normalized spacial score (nSPS) is 11.1. The molecule has 0 aliphatic rings. The van der Waals surface area contributed by atoms with E-state index in [-0.39, 0.29) is 5.91 Å². The fourth-order valence-corrected chi connectivity index (χ4v) is 1.61. The Bertz CT molecular complexity index is 415. The molecule has 0 heterocycles. The van der Waals surface area contributed by atoms with Gasteiger partial charge < -0.3 is 10.1 Å². The summed E-state index contributed by atoms with van der Waals surface area (Å²) in [5, 5.41) is 3.44. The average molecular weight is 321 g/mol. The van der Waals surface area contributed by atoms with Gasteiger partial charge in [0.05, 0.1) is 11.4 Å². The van der Waals surface area contributed by atoms with Crippen LogP contribution >= 0.6 is 27.5 Å². The summed E-state index contributed by atoms with van der Waals surface area (Å²) in [5.74, 6) is 0.626. The lowest BCUT2D eigenvalue weighted by atomic mass is 10.1. The van der Waals surface area contributed by atoms with E-state index in [0.29, 0.717) is 17.3 Å². The summed E-state index contributed by atoms with van der Waals surface area (Å²) in [6.07, 6.45) is 0. The van der Waals surface area contributed by atoms with E-state index < -0.39 is 4.32 Å². The zero-order chi connectivity index (χ0) is 13.1. The maximum Gasteiger partial charge on any atom is 0.236 e. The minimum Gasteiger partial charge on any atom is -0.496 e. The molecule has 1 aromatic carbocycles. The van der Waals surface area contributed by atoms with Crippen molar-refractivity contribution in [1.82, 2.24) is 5.32 Å². The third kappa shape index (κ3) is 4.21. The van der Waals surface area contributed by atoms with Gasteiger partial charge in [-0.3, -0.25) is 4.79 Å². The molecule has 3 nitrogen and oxygen atoms in total. The highest BCUT2D eigenvalue weighted by molar-refractivity contribution is 9.10. The van der Waals surface area contributed by atoms with Crippen molar-refractivity contribution < 1.29 is 9.53 Å². The number of amides is 1. The van der Waals surface area contributed by atoms with Gasteiger partial charge in [0.1, 0.15) is 5.75 Å². The molecule has 1 rings (SSSR count). The SMILES string of the molecule is COc1ccc(Cl)cc1CNC(=O)C(C)(C)Br. The van der Waals surface area contributed by atoms with Gasteiger partial charge in [-0.25, -0.2) is 0 Å². The van der Waals surface area contributed by atoms with Gasteiger partial charge in [-0.15, -0.1) is 0 Å². The van der Waals surface area contributed by atoms with Gasteiger partial charge in [0.25, 0.3) is 0 Å². The van der Waals surface area contributed by atoms with Crippen molar-refractivity contribution in [2.45, 2.75) is 24.7 Å². The minimum absolute atomic E-state index is 0.0838. The van der Waals surface area contributed by atoms with Gasteiger partial charge in [0.15, 0.2) is 0 Å². The predicted molar refractivity (Wildman–Crippen MR) is 72.9 cm³/mol. The van der Waals surface area contributed by atoms with Crippen LogP contribution in [0.3, 0.4) is 0 Å². The Morgan fingerprint density at radius 2 is 2.18 bits per heavy atom. The number of halogens is 2. The van der Waals surface area contributed by atoms with Gasteiger partial charge in [0, 0.05) is 17.1 Å². The van der Waals surface area contributed by atoms with E-state index in [1.165, 1.54) is 0 Å². The van der Waals surface area contributed by atoms with Crippen molar-refractivity contribution in [3.63, 3.8) is 0 Å². The highest BCUT2D eigenvalue weighted by Gasteiger charge is 2.23. The third-order valence-electron chi connectivity index (χ3n) is 2.22. The maximum atomic E-state index is 11.7. The number of ether oxygens (including phenoxy) is 1. The number of alkyl halides is 1. The van der Waals surface area contributed by atoms with E-state index in [0.717, 1.165) is 5.56 Å². The van der Waals surface area contributed by atoms with Gasteiger partial charge in [-0.05, 0) is 32.0 Å². The van der Waals surface area contributed by atoms with E-state index in [9.17, 15) is 4.79 Å². The highest BCUT2D eigenvalue weighted by Crippen LogP contribution is 2.23. The summed E-state index contributed by atoms with van der Waals surface area (Å²) in [6, 6.07) is 5.31. The molecule has 0 spiro atoms. The molecule has 0 bridgehead atoms. The summed E-state index contributed by atoms with van der Waals surface area (Å²) in [5.41, 5.74) is 0.852. The fraction of sp³-hybridized carbons (Fsp3) is 0.417. The monoisotopic (exact) mass is 319 g/mol. The smallest absolute Gasteiger partial charge is 0.236 e. The van der Waals surface area contributed by atoms with Crippen LogP contribution in [0.1, 0.15) is 19.4 Å². The number of carbonyl (C=O) groups excluding carboxylic acids is 1. The van der Waals surface area contributed by atoms with Gasteiger partial charge in [0.2, 0.25) is 5.91 Å². The second-order valence-electron chi connectivity index (χ2n) is 4.11. The van der Waals surface area contributed by atoms with Crippen molar-refractivity contribution in [3.8, 4) is 5.75 Å². The van der Waals surface area contributed by atoms with Crippen LogP contribution in [-0.2, 0) is 11.3 Å². The first-order chi connectivity index (χ1) is 7.84. The van der Waals surface area contributed by atoms with Crippen LogP contribution in [-0.4, -0.2) is 17.3 Å². The van der Waals surface area contributed by atoms with E-state index in [4.69, 9.17) is 16.3 Å². The lowest BCUT2D eigenvalue weighted by Crippen LogP contribution is -2.37. The first-order valence-corrected chi connectivity index (χ1v) is 6.31. The molecule has 0 fully saturated rings. The quantitative estimate of drug-likeness (QED) is 0.866. The molecule has 0 atom stereocenters. The highest BCUT2D eigenvalue weighted by atomic mass is 79.9. The number of benzene rings is 1. The topological polar surface area (TPSA) is 38.3 Å². The van der Waals surface area contributed by atoms with Crippen LogP contribution in [0.25, 0.3) is 0 Å². The van der Waals surface area contributed by atoms with Crippen LogP contribution < -0.4 is 10.1 Å². The Labute approximate surface area is 115 Å². The summed E-state index contributed by atoms with van der Waals surface area (Å²) in [6.45, 7) is 3.96. The molecule has 0 saturated carbocycles. The molecule has 1 N–H and O–H groups in total. The molecule has 0 saturated heterocycles. The number of rotatable bonds is 4. The number of hydrogen-bond donors (Lipinski definition) is 1. The largest absolute Gasteiger partial charge is 0.496 e. The summed E-state index contributed by atoms with van der Waals surface area (Å²) in [7, 11) is 1.59. The van der Waals surface area contributed by atoms with Crippen molar-refractivity contribution in [2.75, 3.05) is 7.11 Å². The summed E-state index contributed by atoms with van der Waals surface area (Å²) >= 11 is 9.20. The summed E-state index contributed by atoms with van der Waals surface area (Å²) < 4.78 is 4.61. The van der Waals surface area contributed by atoms with Crippen LogP contribution in [0.5, 0.6) is 5.75 Å². The Balaban J connectivity index is 2.75. The maximum absolute atomic E-state index is 11.7. The van der Waals surface area contributed by atoms with Crippen LogP contribution in [0, 0.1) is 0 Å². The first kappa shape index (κ1) is 14.3. The first-order valence-electron chi connectivity index (χ1n) is 5.14. The minimum atomic E-state index is -0.585. The molecule has 17 heavy (non-hydrogen) atoms. The number of nitrogens with one attached hydrogen (secondary N) is 1. The average Bonchev–Trinajstić information content (AvgIpc) is 2.24. The fourth-order valence-electron chi connectivity index (χ4n) is 1.27. The van der Waals surface area contributed by atoms with Gasteiger partial charge >= 0.3 is 0 Å². The van der Waals surface area contributed by atoms with Crippen LogP contribution in [0.15, 0.2) is 18.2 Å². The Morgan fingerprint density at radius 1 is 1.53 bits per heavy atom. The Kier molecular flexibility index (Phi) is 4.83. The van der Waals surface area contributed by atoms with Crippen molar-refractivity contribution in [3.05, 3.63) is 28.8 Å². The molecular formula is C12H15BrClNO2. The van der Waals surface area contributed by atoms with Crippen molar-refractivity contribution in [2.24, 2.45) is 0 Å². The van der Waals surface area contributed by atoms with Crippen molar-refractivity contribution in [1.29, 1.82) is 0 Å². The number of carbonyl (C=O) groups is 1. The Hall–Kier alpha value is -0.740. The molecule has 0 aliphatic heterocycles. The molecule has 1 amide bonds. The van der Waals surface area contributed by atoms with E-state index >= 15 is 0 Å². The van der Waals surface area contributed by atoms with E-state index in [2.05, 4.69) is 21.2 Å². The molecular weight excluding hydrogens is 305 g/mol. The van der Waals surface area contributed by atoms with Gasteiger partial charge in [-0.1, -0.05) is 27.5 Å². The van der Waals surface area contributed by atoms with Crippen LogP contribution in [0.2, 0.25) is 5.02 Å². The molecule has 0 aromatic heterocycles. The van der Waals surface area contributed by atoms with Gasteiger partial charge in [-0.2, -0.15) is 0 Å². The molecule has 0 aliphatic carbocycles. The molecule has 0 unspecified atom stereocenters. The van der Waals surface area contributed by atoms with Crippen LogP contribution in [0.4, 0.5) is 0 Å². The molecule has 0 radical (unpaired) electrons. The van der Waals surface area contributed by atoms with E-state index in [1.807, 2.05) is 0 Å². The lowest BCUT2D eigenvalue weighted by Gasteiger charge is -2.16. The predicted octanol–water partition coefficient (Wildman–Crippen LogP) is 3.14. The zero-order valence-electron chi connectivity index (χ0n) is 10.0. The second kappa shape index (κ2) is 5.74. The second-order valence-corrected chi connectivity index (χ2v) is 6.53. The zero-order valence-corrected chi connectivity index (χ0v) is 12.4.